The molecule has 0 heterocycles. The number of nitrogens with two attached hydrogens (primary N) is 1. The Bertz CT molecular complexity index is 228. The highest BCUT2D eigenvalue weighted by Crippen LogP contribution is 2.03. The summed E-state index contributed by atoms with van der Waals surface area (Å²) in [5, 5.41) is 5.14. The zero-order valence-electron chi connectivity index (χ0n) is 9.99. The van der Waals surface area contributed by atoms with Crippen LogP contribution >= 0.6 is 0 Å². The lowest BCUT2D eigenvalue weighted by atomic mass is 10.1. The second-order valence-electron chi connectivity index (χ2n) is 4.04. The molecule has 0 fully saturated rings. The van der Waals surface area contributed by atoms with Crippen LogP contribution in [0.15, 0.2) is 4.99 Å². The van der Waals surface area contributed by atoms with E-state index in [1.165, 1.54) is 0 Å². The highest BCUT2D eigenvalue weighted by molar-refractivity contribution is 7.81. The van der Waals surface area contributed by atoms with Gasteiger partial charge in [0, 0.05) is 20.6 Å². The van der Waals surface area contributed by atoms with Crippen LogP contribution in [0.3, 0.4) is 0 Å². The summed E-state index contributed by atoms with van der Waals surface area (Å²) in [7, 11) is 3.67. The van der Waals surface area contributed by atoms with Gasteiger partial charge in [0.15, 0.2) is 11.2 Å². The molecule has 15 heavy (non-hydrogen) atoms. The monoisotopic (exact) mass is 234 g/mol. The zero-order valence-corrected chi connectivity index (χ0v) is 10.8. The van der Waals surface area contributed by atoms with E-state index in [4.69, 9.17) is 5.14 Å². The predicted octanol–water partition coefficient (Wildman–Crippen LogP) is 0.467. The molecule has 0 saturated carbocycles. The van der Waals surface area contributed by atoms with E-state index in [1.807, 2.05) is 14.1 Å². The molecule has 0 saturated heterocycles. The summed E-state index contributed by atoms with van der Waals surface area (Å²) in [4.78, 5) is 6.06. The summed E-state index contributed by atoms with van der Waals surface area (Å²) in [5.74, 6) is 1.26. The van der Waals surface area contributed by atoms with Crippen molar-refractivity contribution in [3.8, 4) is 0 Å². The normalized spacial score (nSPS) is 14.1. The highest BCUT2D eigenvalue weighted by Gasteiger charge is 2.02. The lowest BCUT2D eigenvalue weighted by Gasteiger charge is -2.15. The first kappa shape index (κ1) is 14.4. The molecule has 1 unspecified atom stereocenters. The molecule has 0 bridgehead atoms. The van der Waals surface area contributed by atoms with E-state index in [1.54, 1.807) is 4.90 Å². The molecule has 0 spiro atoms. The van der Waals surface area contributed by atoms with Gasteiger partial charge in [-0.1, -0.05) is 13.8 Å². The summed E-state index contributed by atoms with van der Waals surface area (Å²) in [6.07, 6.45) is 2.18. The Morgan fingerprint density at radius 3 is 2.53 bits per heavy atom. The van der Waals surface area contributed by atoms with Gasteiger partial charge in [-0.2, -0.15) is 0 Å². The summed E-state index contributed by atoms with van der Waals surface area (Å²) in [6, 6.07) is 0. The zero-order chi connectivity index (χ0) is 11.8. The third kappa shape index (κ3) is 8.38. The number of aliphatic imine (C=N–C) groups is 1. The Balaban J connectivity index is 4.01. The largest absolute Gasteiger partial charge is 0.348 e. The minimum atomic E-state index is -1.55. The van der Waals surface area contributed by atoms with E-state index in [2.05, 4.69) is 23.6 Å². The average molecular weight is 234 g/mol. The fourth-order valence-corrected chi connectivity index (χ4v) is 1.47. The van der Waals surface area contributed by atoms with E-state index in [0.29, 0.717) is 11.9 Å². The van der Waals surface area contributed by atoms with Crippen LogP contribution in [-0.2, 0) is 11.2 Å². The van der Waals surface area contributed by atoms with Gasteiger partial charge in [-0.25, -0.2) is 9.35 Å². The van der Waals surface area contributed by atoms with Gasteiger partial charge in [0.2, 0.25) is 5.96 Å². The predicted molar refractivity (Wildman–Crippen MR) is 65.5 cm³/mol. The number of hydrogen-bond acceptors (Lipinski definition) is 2. The number of rotatable bonds is 5. The Morgan fingerprint density at radius 1 is 1.53 bits per heavy atom. The summed E-state index contributed by atoms with van der Waals surface area (Å²) in [6.45, 7) is 5.10. The van der Waals surface area contributed by atoms with Crippen LogP contribution in [0, 0.1) is 5.92 Å². The molecule has 0 aromatic rings. The van der Waals surface area contributed by atoms with E-state index in [0.717, 1.165) is 19.4 Å². The highest BCUT2D eigenvalue weighted by atomic mass is 32.2. The van der Waals surface area contributed by atoms with Crippen molar-refractivity contribution in [2.24, 2.45) is 16.0 Å². The molecular weight excluding hydrogens is 212 g/mol. The smallest absolute Gasteiger partial charge is 0.206 e. The third-order valence-electron chi connectivity index (χ3n) is 1.82. The van der Waals surface area contributed by atoms with Gasteiger partial charge in [0.1, 0.15) is 0 Å². The van der Waals surface area contributed by atoms with Crippen molar-refractivity contribution in [2.75, 3.05) is 20.6 Å². The standard InChI is InChI=1S/C9H22N4OS/c1-8(2)6-5-7-11-9(13(3)4)12-15(10)14/h8H,5-7,10H2,1-4H3,(H,11,12). The Hall–Kier alpha value is -0.620. The maximum Gasteiger partial charge on any atom is 0.206 e. The van der Waals surface area contributed by atoms with Crippen LogP contribution in [0.5, 0.6) is 0 Å². The topological polar surface area (TPSA) is 70.7 Å². The van der Waals surface area contributed by atoms with Crippen LogP contribution in [0.25, 0.3) is 0 Å². The number of guanidine groups is 1. The maximum absolute atomic E-state index is 10.8. The van der Waals surface area contributed by atoms with Gasteiger partial charge in [-0.05, 0) is 18.8 Å². The van der Waals surface area contributed by atoms with Crippen LogP contribution in [0.2, 0.25) is 0 Å². The molecule has 0 rings (SSSR count). The first-order valence-electron chi connectivity index (χ1n) is 5.08. The molecule has 6 heteroatoms. The van der Waals surface area contributed by atoms with Crippen LogP contribution in [0.4, 0.5) is 0 Å². The minimum absolute atomic E-state index is 0.569. The number of nitrogens with one attached hydrogen (secondary N) is 1. The second-order valence-corrected chi connectivity index (χ2v) is 4.83. The molecule has 5 nitrogen and oxygen atoms in total. The molecule has 1 atom stereocenters. The van der Waals surface area contributed by atoms with Gasteiger partial charge in [0.25, 0.3) is 0 Å². The lowest BCUT2D eigenvalue weighted by molar-refractivity contribution is 0.553. The maximum atomic E-state index is 10.8. The molecule has 0 aliphatic carbocycles. The SMILES string of the molecule is CC(C)CCCN=C(NS(N)=O)N(C)C. The van der Waals surface area contributed by atoms with Crippen molar-refractivity contribution >= 4 is 17.1 Å². The van der Waals surface area contributed by atoms with Gasteiger partial charge in [-0.3, -0.25) is 9.71 Å². The average Bonchev–Trinajstić information content (AvgIpc) is 2.08. The fourth-order valence-electron chi connectivity index (χ4n) is 1.04. The van der Waals surface area contributed by atoms with Crippen molar-refractivity contribution in [3.05, 3.63) is 0 Å². The Morgan fingerprint density at radius 2 is 2.13 bits per heavy atom. The van der Waals surface area contributed by atoms with E-state index >= 15 is 0 Å². The van der Waals surface area contributed by atoms with Crippen LogP contribution < -0.4 is 9.86 Å². The second kappa shape index (κ2) is 7.64. The molecule has 0 aliphatic heterocycles. The van der Waals surface area contributed by atoms with Crippen LogP contribution in [0.1, 0.15) is 26.7 Å². The van der Waals surface area contributed by atoms with Crippen molar-refractivity contribution in [1.82, 2.24) is 9.62 Å². The van der Waals surface area contributed by atoms with E-state index in [9.17, 15) is 4.21 Å². The van der Waals surface area contributed by atoms with Gasteiger partial charge < -0.3 is 4.90 Å². The van der Waals surface area contributed by atoms with Gasteiger partial charge in [-0.15, -0.1) is 0 Å². The molecule has 0 amide bonds. The van der Waals surface area contributed by atoms with Gasteiger partial charge >= 0.3 is 0 Å². The van der Waals surface area contributed by atoms with E-state index in [-0.39, 0.29) is 0 Å². The molecule has 0 radical (unpaired) electrons. The number of hydrogen-bond donors (Lipinski definition) is 2. The van der Waals surface area contributed by atoms with Crippen molar-refractivity contribution < 1.29 is 4.21 Å². The molecule has 3 N–H and O–H groups in total. The van der Waals surface area contributed by atoms with Gasteiger partial charge in [0.05, 0.1) is 0 Å². The minimum Gasteiger partial charge on any atom is -0.348 e. The summed E-state index contributed by atoms with van der Waals surface area (Å²) in [5.41, 5.74) is 0. The quantitative estimate of drug-likeness (QED) is 0.412. The molecule has 0 aromatic heterocycles. The van der Waals surface area contributed by atoms with E-state index < -0.39 is 11.2 Å². The number of nitrogens with zero attached hydrogens (tertiary/aromatic N) is 2. The first-order valence-corrected chi connectivity index (χ1v) is 6.29. The van der Waals surface area contributed by atoms with Crippen LogP contribution in [-0.4, -0.2) is 35.7 Å². The molecular formula is C9H22N4OS. The van der Waals surface area contributed by atoms with Crippen molar-refractivity contribution in [2.45, 2.75) is 26.7 Å². The summed E-state index contributed by atoms with van der Waals surface area (Å²) < 4.78 is 13.4. The first-order chi connectivity index (χ1) is 6.93. The third-order valence-corrected chi connectivity index (χ3v) is 2.20. The Kier molecular flexibility index (Phi) is 7.33. The lowest BCUT2D eigenvalue weighted by Crippen LogP contribution is -2.40. The van der Waals surface area contributed by atoms with Crippen molar-refractivity contribution in [3.63, 3.8) is 0 Å². The fraction of sp³-hybridized carbons (Fsp3) is 0.889. The van der Waals surface area contributed by atoms with Crippen molar-refractivity contribution in [1.29, 1.82) is 0 Å². The molecule has 90 valence electrons. The summed E-state index contributed by atoms with van der Waals surface area (Å²) >= 11 is -1.55. The Labute approximate surface area is 94.8 Å². The molecule has 0 aliphatic rings. The molecule has 0 aromatic carbocycles.